The van der Waals surface area contributed by atoms with Crippen LogP contribution < -0.4 is 10.3 Å². The van der Waals surface area contributed by atoms with Crippen LogP contribution in [-0.4, -0.2) is 41.3 Å². The van der Waals surface area contributed by atoms with Crippen molar-refractivity contribution in [3.63, 3.8) is 0 Å². The van der Waals surface area contributed by atoms with E-state index in [1.54, 1.807) is 11.0 Å². The first-order valence-electron chi connectivity index (χ1n) is 9.91. The molecule has 0 atom stereocenters. The summed E-state index contributed by atoms with van der Waals surface area (Å²) in [5.41, 5.74) is -0.232. The van der Waals surface area contributed by atoms with Gasteiger partial charge in [-0.2, -0.15) is 0 Å². The lowest BCUT2D eigenvalue weighted by molar-refractivity contribution is 0.0164. The fourth-order valence-electron chi connectivity index (χ4n) is 3.30. The highest BCUT2D eigenvalue weighted by Gasteiger charge is 2.27. The summed E-state index contributed by atoms with van der Waals surface area (Å²) < 4.78 is 39.7. The van der Waals surface area contributed by atoms with Crippen LogP contribution in [0.25, 0.3) is 11.1 Å². The number of halogens is 2. The molecule has 0 aliphatic carbocycles. The molecule has 8 heteroatoms. The van der Waals surface area contributed by atoms with Gasteiger partial charge >= 0.3 is 6.09 Å². The number of pyridine rings is 1. The van der Waals surface area contributed by atoms with Crippen LogP contribution in [0.3, 0.4) is 0 Å². The highest BCUT2D eigenvalue weighted by molar-refractivity contribution is 5.68. The molecular formula is C22H26F2N2O4. The predicted molar refractivity (Wildman–Crippen MR) is 108 cm³/mol. The molecule has 2 heterocycles. The van der Waals surface area contributed by atoms with Gasteiger partial charge in [-0.15, -0.1) is 0 Å². The number of ether oxygens (including phenoxy) is 2. The number of hydrogen-bond donors (Lipinski definition) is 1. The van der Waals surface area contributed by atoms with Gasteiger partial charge < -0.3 is 19.4 Å². The summed E-state index contributed by atoms with van der Waals surface area (Å²) in [5.74, 6) is -2.00. The van der Waals surface area contributed by atoms with Crippen molar-refractivity contribution in [1.82, 2.24) is 9.88 Å². The van der Waals surface area contributed by atoms with Crippen LogP contribution in [-0.2, 0) is 4.74 Å². The maximum absolute atomic E-state index is 14.5. The summed E-state index contributed by atoms with van der Waals surface area (Å²) in [6.07, 6.45) is 2.39. The Morgan fingerprint density at radius 2 is 1.77 bits per heavy atom. The summed E-state index contributed by atoms with van der Waals surface area (Å²) in [6, 6.07) is 5.14. The fourth-order valence-corrected chi connectivity index (χ4v) is 3.30. The predicted octanol–water partition coefficient (Wildman–Crippen LogP) is 4.35. The number of H-pyrrole nitrogens is 1. The number of hydrogen-bond acceptors (Lipinski definition) is 4. The highest BCUT2D eigenvalue weighted by Crippen LogP contribution is 2.29. The van der Waals surface area contributed by atoms with E-state index in [0.29, 0.717) is 31.5 Å². The molecule has 1 saturated heterocycles. The molecule has 162 valence electrons. The third kappa shape index (κ3) is 5.58. The van der Waals surface area contributed by atoms with Gasteiger partial charge in [-0.25, -0.2) is 13.6 Å². The number of nitrogens with zero attached hydrogens (tertiary/aromatic N) is 1. The van der Waals surface area contributed by atoms with E-state index in [1.165, 1.54) is 12.3 Å². The average Bonchev–Trinajstić information content (AvgIpc) is 2.66. The number of amides is 1. The van der Waals surface area contributed by atoms with E-state index in [-0.39, 0.29) is 29.7 Å². The van der Waals surface area contributed by atoms with E-state index in [0.717, 1.165) is 12.1 Å². The number of rotatable bonds is 4. The minimum absolute atomic E-state index is 0.0786. The Morgan fingerprint density at radius 3 is 2.33 bits per heavy atom. The molecule has 30 heavy (non-hydrogen) atoms. The second-order valence-corrected chi connectivity index (χ2v) is 8.43. The first-order chi connectivity index (χ1) is 14.1. The molecule has 1 aromatic heterocycles. The Hall–Kier alpha value is -2.90. The van der Waals surface area contributed by atoms with Crippen LogP contribution in [0.15, 0.2) is 35.3 Å². The number of aromatic amines is 1. The largest absolute Gasteiger partial charge is 0.487 e. The molecule has 0 saturated carbocycles. The van der Waals surface area contributed by atoms with Gasteiger partial charge in [0.15, 0.2) is 17.4 Å². The number of aromatic nitrogens is 1. The molecular weight excluding hydrogens is 394 g/mol. The Balaban J connectivity index is 1.58. The normalized spacial score (nSPS) is 15.2. The monoisotopic (exact) mass is 420 g/mol. The minimum Gasteiger partial charge on any atom is -0.487 e. The Bertz CT molecular complexity index is 937. The van der Waals surface area contributed by atoms with Crippen molar-refractivity contribution < 1.29 is 23.0 Å². The van der Waals surface area contributed by atoms with Crippen molar-refractivity contribution in [2.45, 2.75) is 39.2 Å². The average molecular weight is 420 g/mol. The molecule has 3 rings (SSSR count). The summed E-state index contributed by atoms with van der Waals surface area (Å²) >= 11 is 0. The van der Waals surface area contributed by atoms with Gasteiger partial charge in [-0.3, -0.25) is 4.79 Å². The van der Waals surface area contributed by atoms with E-state index < -0.39 is 23.0 Å². The molecule has 1 aliphatic heterocycles. The number of benzene rings is 1. The van der Waals surface area contributed by atoms with Crippen molar-refractivity contribution in [3.8, 4) is 16.9 Å². The van der Waals surface area contributed by atoms with Gasteiger partial charge in [0, 0.05) is 25.4 Å². The number of carbonyl (C=O) groups is 1. The van der Waals surface area contributed by atoms with Gasteiger partial charge in [-0.05, 0) is 68.9 Å². The Labute approximate surface area is 173 Å². The first-order valence-corrected chi connectivity index (χ1v) is 9.91. The van der Waals surface area contributed by atoms with Gasteiger partial charge in [0.1, 0.15) is 5.60 Å². The topological polar surface area (TPSA) is 71.6 Å². The second kappa shape index (κ2) is 8.85. The summed E-state index contributed by atoms with van der Waals surface area (Å²) in [7, 11) is 0. The molecule has 1 aliphatic rings. The fraction of sp³-hybridized carbons (Fsp3) is 0.455. The van der Waals surface area contributed by atoms with Crippen molar-refractivity contribution in [2.75, 3.05) is 19.7 Å². The lowest BCUT2D eigenvalue weighted by Gasteiger charge is -2.33. The number of likely N-dealkylation sites (tertiary alicyclic amines) is 1. The summed E-state index contributed by atoms with van der Waals surface area (Å²) in [4.78, 5) is 27.6. The molecule has 0 radical (unpaired) electrons. The molecule has 2 aromatic rings. The highest BCUT2D eigenvalue weighted by atomic mass is 19.1. The molecule has 1 fully saturated rings. The first kappa shape index (κ1) is 21.8. The maximum atomic E-state index is 14.5. The van der Waals surface area contributed by atoms with E-state index >= 15 is 0 Å². The zero-order valence-electron chi connectivity index (χ0n) is 17.3. The van der Waals surface area contributed by atoms with Crippen molar-refractivity contribution in [1.29, 1.82) is 0 Å². The third-order valence-corrected chi connectivity index (χ3v) is 4.84. The number of carbonyl (C=O) groups excluding carboxylic acids is 1. The molecule has 0 bridgehead atoms. The van der Waals surface area contributed by atoms with Crippen LogP contribution in [0.1, 0.15) is 33.6 Å². The maximum Gasteiger partial charge on any atom is 0.410 e. The van der Waals surface area contributed by atoms with Crippen LogP contribution in [0.2, 0.25) is 0 Å². The molecule has 1 amide bonds. The molecule has 6 nitrogen and oxygen atoms in total. The van der Waals surface area contributed by atoms with Crippen LogP contribution in [0.5, 0.6) is 5.75 Å². The zero-order valence-corrected chi connectivity index (χ0v) is 17.3. The van der Waals surface area contributed by atoms with E-state index in [1.807, 2.05) is 20.8 Å². The van der Waals surface area contributed by atoms with E-state index in [4.69, 9.17) is 9.47 Å². The van der Waals surface area contributed by atoms with Crippen LogP contribution >= 0.6 is 0 Å². The van der Waals surface area contributed by atoms with Gasteiger partial charge in [0.05, 0.1) is 6.61 Å². The molecule has 1 aromatic carbocycles. The van der Waals surface area contributed by atoms with E-state index in [9.17, 15) is 18.4 Å². The SMILES string of the molecule is CC(C)(C)OC(=O)N1CCC(COc2c(F)cc(-c3cc[nH]c(=O)c3)cc2F)CC1. The summed E-state index contributed by atoms with van der Waals surface area (Å²) in [5, 5.41) is 0. The van der Waals surface area contributed by atoms with Gasteiger partial charge in [0.2, 0.25) is 5.56 Å². The van der Waals surface area contributed by atoms with Gasteiger partial charge in [0.25, 0.3) is 0 Å². The smallest absolute Gasteiger partial charge is 0.410 e. The Morgan fingerprint density at radius 1 is 1.13 bits per heavy atom. The van der Waals surface area contributed by atoms with E-state index in [2.05, 4.69) is 4.98 Å². The number of nitrogens with one attached hydrogen (secondary N) is 1. The van der Waals surface area contributed by atoms with Crippen molar-refractivity contribution in [2.24, 2.45) is 5.92 Å². The lowest BCUT2D eigenvalue weighted by atomic mass is 9.98. The standard InChI is InChI=1S/C22H26F2N2O4/c1-22(2,3)30-21(28)26-8-5-14(6-9-26)13-29-20-17(23)10-16(11-18(20)24)15-4-7-25-19(27)12-15/h4,7,10-12,14H,5-6,8-9,13H2,1-3H3,(H,25,27). The lowest BCUT2D eigenvalue weighted by Crippen LogP contribution is -2.42. The molecule has 0 spiro atoms. The van der Waals surface area contributed by atoms with Crippen molar-refractivity contribution >= 4 is 6.09 Å². The Kier molecular flexibility index (Phi) is 6.43. The minimum atomic E-state index is -0.823. The quantitative estimate of drug-likeness (QED) is 0.799. The van der Waals surface area contributed by atoms with Crippen LogP contribution in [0, 0.1) is 17.6 Å². The third-order valence-electron chi connectivity index (χ3n) is 4.84. The van der Waals surface area contributed by atoms with Crippen LogP contribution in [0.4, 0.5) is 13.6 Å². The number of piperidine rings is 1. The molecule has 0 unspecified atom stereocenters. The second-order valence-electron chi connectivity index (χ2n) is 8.43. The summed E-state index contributed by atoms with van der Waals surface area (Å²) in [6.45, 7) is 6.62. The van der Waals surface area contributed by atoms with Gasteiger partial charge in [-0.1, -0.05) is 0 Å². The molecule has 1 N–H and O–H groups in total. The zero-order chi connectivity index (χ0) is 21.9. The van der Waals surface area contributed by atoms with Crippen molar-refractivity contribution in [3.05, 3.63) is 52.5 Å².